The molecule has 0 aromatic heterocycles. The molecule has 32 heavy (non-hydrogen) atoms. The number of carboxylic acid groups (broad SMARTS) is 1. The Balaban J connectivity index is 2.44. The highest BCUT2D eigenvalue weighted by molar-refractivity contribution is 9.10. The molecular formula is C24H27BrFNO5. The van der Waals surface area contributed by atoms with Gasteiger partial charge in [0.1, 0.15) is 5.75 Å². The molecule has 1 aliphatic carbocycles. The molecule has 0 heterocycles. The van der Waals surface area contributed by atoms with Crippen LogP contribution in [0.3, 0.4) is 0 Å². The van der Waals surface area contributed by atoms with Gasteiger partial charge in [0, 0.05) is 18.2 Å². The van der Waals surface area contributed by atoms with Gasteiger partial charge in [-0.1, -0.05) is 33.8 Å². The number of carboxylic acids is 1. The summed E-state index contributed by atoms with van der Waals surface area (Å²) < 4.78 is 26.7. The lowest BCUT2D eigenvalue weighted by molar-refractivity contribution is 0.0507. The number of rotatable bonds is 6. The highest BCUT2D eigenvalue weighted by atomic mass is 79.9. The molecule has 8 heteroatoms. The molecule has 6 nitrogen and oxygen atoms in total. The molecule has 0 radical (unpaired) electrons. The smallest absolute Gasteiger partial charge is 0.338 e. The highest BCUT2D eigenvalue weighted by Gasteiger charge is 2.40. The summed E-state index contributed by atoms with van der Waals surface area (Å²) in [5, 5.41) is 9.29. The predicted molar refractivity (Wildman–Crippen MR) is 123 cm³/mol. The molecule has 0 fully saturated rings. The van der Waals surface area contributed by atoms with Crippen LogP contribution in [-0.2, 0) is 15.6 Å². The Labute approximate surface area is 195 Å². The zero-order chi connectivity index (χ0) is 24.0. The van der Waals surface area contributed by atoms with E-state index in [4.69, 9.17) is 15.2 Å². The summed E-state index contributed by atoms with van der Waals surface area (Å²) in [7, 11) is 1.48. The number of halogens is 2. The third-order valence-corrected chi connectivity index (χ3v) is 6.99. The Morgan fingerprint density at radius 3 is 2.34 bits per heavy atom. The van der Waals surface area contributed by atoms with Crippen LogP contribution in [0.5, 0.6) is 5.75 Å². The maximum Gasteiger partial charge on any atom is 0.338 e. The predicted octanol–water partition coefficient (Wildman–Crippen LogP) is 5.38. The van der Waals surface area contributed by atoms with Crippen LogP contribution in [-0.4, -0.2) is 30.9 Å². The van der Waals surface area contributed by atoms with Crippen molar-refractivity contribution < 1.29 is 28.6 Å². The second-order valence-electron chi connectivity index (χ2n) is 9.33. The van der Waals surface area contributed by atoms with Gasteiger partial charge in [-0.05, 0) is 62.9 Å². The summed E-state index contributed by atoms with van der Waals surface area (Å²) in [5.41, 5.74) is 6.75. The fourth-order valence-corrected chi connectivity index (χ4v) is 5.46. The van der Waals surface area contributed by atoms with Crippen LogP contribution in [0.2, 0.25) is 0 Å². The fraction of sp³-hybridized carbons (Fsp3) is 0.417. The molecule has 0 atom stereocenters. The van der Waals surface area contributed by atoms with Crippen LogP contribution in [0.25, 0.3) is 11.1 Å². The van der Waals surface area contributed by atoms with E-state index in [1.54, 1.807) is 0 Å². The van der Waals surface area contributed by atoms with Gasteiger partial charge < -0.3 is 20.3 Å². The minimum atomic E-state index is -1.48. The summed E-state index contributed by atoms with van der Waals surface area (Å²) >= 11 is 3.71. The van der Waals surface area contributed by atoms with Gasteiger partial charge in [0.25, 0.3) is 5.91 Å². The number of methoxy groups -OCH3 is 1. The Bertz CT molecular complexity index is 1110. The van der Waals surface area contributed by atoms with Gasteiger partial charge in [0.05, 0.1) is 15.6 Å². The van der Waals surface area contributed by atoms with Crippen molar-refractivity contribution in [3.05, 3.63) is 50.7 Å². The molecule has 0 bridgehead atoms. The lowest BCUT2D eigenvalue weighted by Gasteiger charge is -2.43. The molecule has 0 aliphatic heterocycles. The second-order valence-corrected chi connectivity index (χ2v) is 10.1. The average Bonchev–Trinajstić information content (AvgIpc) is 2.69. The van der Waals surface area contributed by atoms with Gasteiger partial charge in [0.2, 0.25) is 0 Å². The third kappa shape index (κ3) is 4.01. The van der Waals surface area contributed by atoms with E-state index in [-0.39, 0.29) is 23.2 Å². The third-order valence-electron chi connectivity index (χ3n) is 6.23. The van der Waals surface area contributed by atoms with Crippen molar-refractivity contribution in [2.75, 3.05) is 13.9 Å². The number of hydrogen-bond acceptors (Lipinski definition) is 4. The summed E-state index contributed by atoms with van der Waals surface area (Å²) in [6.45, 7) is 8.51. The number of carbonyl (C=O) groups is 2. The SMILES string of the molecule is COCOc1c(-c2ccc(C(=O)O)c(F)c2C(N)=O)cc2c(c1Br)C(C)(C)CCC2(C)C. The zero-order valence-corrected chi connectivity index (χ0v) is 20.4. The normalized spacial score (nSPS) is 16.3. The van der Waals surface area contributed by atoms with E-state index >= 15 is 4.39 Å². The van der Waals surface area contributed by atoms with Crippen LogP contribution in [0.15, 0.2) is 22.7 Å². The number of aromatic carboxylic acids is 1. The quantitative estimate of drug-likeness (QED) is 0.511. The van der Waals surface area contributed by atoms with Crippen LogP contribution in [0, 0.1) is 5.82 Å². The number of nitrogens with two attached hydrogens (primary N) is 1. The number of fused-ring (bicyclic) bond motifs is 1. The Kier molecular flexibility index (Phi) is 6.41. The molecule has 1 amide bonds. The second kappa shape index (κ2) is 8.48. The maximum absolute atomic E-state index is 15.1. The number of primary amides is 1. The van der Waals surface area contributed by atoms with Crippen molar-refractivity contribution in [3.63, 3.8) is 0 Å². The molecule has 1 aliphatic rings. The molecule has 2 aromatic carbocycles. The number of hydrogen-bond donors (Lipinski definition) is 2. The van der Waals surface area contributed by atoms with Crippen LogP contribution in [0.1, 0.15) is 72.4 Å². The van der Waals surface area contributed by atoms with Gasteiger partial charge in [-0.2, -0.15) is 0 Å². The van der Waals surface area contributed by atoms with Gasteiger partial charge in [-0.3, -0.25) is 4.79 Å². The molecular weight excluding hydrogens is 481 g/mol. The Morgan fingerprint density at radius 1 is 1.16 bits per heavy atom. The minimum absolute atomic E-state index is 0.0736. The minimum Gasteiger partial charge on any atom is -0.478 e. The first-order chi connectivity index (χ1) is 14.8. The topological polar surface area (TPSA) is 98.8 Å². The molecule has 0 saturated heterocycles. The molecule has 3 rings (SSSR count). The average molecular weight is 508 g/mol. The van der Waals surface area contributed by atoms with Crippen molar-refractivity contribution >= 4 is 27.8 Å². The highest BCUT2D eigenvalue weighted by Crippen LogP contribution is 2.54. The molecule has 172 valence electrons. The van der Waals surface area contributed by atoms with E-state index in [1.165, 1.54) is 13.2 Å². The van der Waals surface area contributed by atoms with Gasteiger partial charge >= 0.3 is 5.97 Å². The number of benzene rings is 2. The molecule has 0 spiro atoms. The van der Waals surface area contributed by atoms with E-state index in [1.807, 2.05) is 6.07 Å². The number of amides is 1. The van der Waals surface area contributed by atoms with Crippen molar-refractivity contribution in [1.29, 1.82) is 0 Å². The van der Waals surface area contributed by atoms with Crippen molar-refractivity contribution in [1.82, 2.24) is 0 Å². The Morgan fingerprint density at radius 2 is 1.78 bits per heavy atom. The first-order valence-corrected chi connectivity index (χ1v) is 11.0. The number of carbonyl (C=O) groups excluding carboxylic acids is 1. The molecule has 2 aromatic rings. The van der Waals surface area contributed by atoms with Crippen LogP contribution < -0.4 is 10.5 Å². The van der Waals surface area contributed by atoms with E-state index < -0.39 is 28.8 Å². The summed E-state index contributed by atoms with van der Waals surface area (Å²) in [6, 6.07) is 4.41. The van der Waals surface area contributed by atoms with Crippen molar-refractivity contribution in [2.24, 2.45) is 5.73 Å². The maximum atomic E-state index is 15.1. The first kappa shape index (κ1) is 24.2. The van der Waals surface area contributed by atoms with Gasteiger partial charge in [0.15, 0.2) is 12.6 Å². The molecule has 0 unspecified atom stereocenters. The molecule has 0 saturated carbocycles. The molecule has 3 N–H and O–H groups in total. The lowest BCUT2D eigenvalue weighted by atomic mass is 9.62. The van der Waals surface area contributed by atoms with E-state index in [0.29, 0.717) is 15.8 Å². The van der Waals surface area contributed by atoms with Crippen molar-refractivity contribution in [3.8, 4) is 16.9 Å². The van der Waals surface area contributed by atoms with Crippen LogP contribution >= 0.6 is 15.9 Å². The van der Waals surface area contributed by atoms with Crippen molar-refractivity contribution in [2.45, 2.75) is 51.4 Å². The van der Waals surface area contributed by atoms with E-state index in [9.17, 15) is 14.7 Å². The van der Waals surface area contributed by atoms with E-state index in [0.717, 1.165) is 30.0 Å². The Hall–Kier alpha value is -2.45. The largest absolute Gasteiger partial charge is 0.478 e. The van der Waals surface area contributed by atoms with Gasteiger partial charge in [-0.25, -0.2) is 9.18 Å². The van der Waals surface area contributed by atoms with E-state index in [2.05, 4.69) is 43.6 Å². The monoisotopic (exact) mass is 507 g/mol. The fourth-order valence-electron chi connectivity index (χ4n) is 4.38. The lowest BCUT2D eigenvalue weighted by Crippen LogP contribution is -2.34. The first-order valence-electron chi connectivity index (χ1n) is 10.2. The summed E-state index contributed by atoms with van der Waals surface area (Å²) in [4.78, 5) is 23.6. The number of ether oxygens (including phenoxy) is 2. The summed E-state index contributed by atoms with van der Waals surface area (Å²) in [6.07, 6.45) is 1.90. The zero-order valence-electron chi connectivity index (χ0n) is 18.8. The summed E-state index contributed by atoms with van der Waals surface area (Å²) in [5.74, 6) is -3.34. The standard InChI is InChI=1S/C24H27BrFNO5/c1-23(2)8-9-24(3,4)17-15(23)10-14(20(18(17)25)32-11-31-5)12-6-7-13(22(29)30)19(26)16(12)21(27)28/h6-7,10H,8-9,11H2,1-5H3,(H2,27,28)(H,29,30). The van der Waals surface area contributed by atoms with Crippen LogP contribution in [0.4, 0.5) is 4.39 Å². The van der Waals surface area contributed by atoms with Gasteiger partial charge in [-0.15, -0.1) is 0 Å².